The topological polar surface area (TPSA) is 49.3 Å². The van der Waals surface area contributed by atoms with E-state index in [1.165, 1.54) is 43.1 Å². The SMILES string of the molecule is CN=C(NCCc1cccc2cccnc12)NC1CCCCC1. The maximum atomic E-state index is 4.52. The van der Waals surface area contributed by atoms with Crippen LogP contribution in [0, 0.1) is 0 Å². The van der Waals surface area contributed by atoms with Crippen molar-refractivity contribution in [2.75, 3.05) is 13.6 Å². The van der Waals surface area contributed by atoms with Gasteiger partial charge < -0.3 is 10.6 Å². The van der Waals surface area contributed by atoms with Crippen molar-refractivity contribution in [2.45, 2.75) is 44.6 Å². The Morgan fingerprint density at radius 1 is 1.17 bits per heavy atom. The van der Waals surface area contributed by atoms with Gasteiger partial charge in [0.1, 0.15) is 0 Å². The highest BCUT2D eigenvalue weighted by Gasteiger charge is 2.14. The lowest BCUT2D eigenvalue weighted by Crippen LogP contribution is -2.44. The largest absolute Gasteiger partial charge is 0.356 e. The molecule has 122 valence electrons. The number of benzene rings is 1. The van der Waals surface area contributed by atoms with Crippen LogP contribution >= 0.6 is 0 Å². The molecule has 1 aromatic carbocycles. The Bertz CT molecular complexity index is 654. The molecule has 0 atom stereocenters. The highest BCUT2D eigenvalue weighted by molar-refractivity contribution is 5.82. The fraction of sp³-hybridized carbons (Fsp3) is 0.474. The Balaban J connectivity index is 1.55. The summed E-state index contributed by atoms with van der Waals surface area (Å²) in [6.45, 7) is 0.863. The van der Waals surface area contributed by atoms with Gasteiger partial charge in [-0.15, -0.1) is 0 Å². The van der Waals surface area contributed by atoms with Gasteiger partial charge in [-0.3, -0.25) is 9.98 Å². The second-order valence-corrected chi connectivity index (χ2v) is 6.22. The van der Waals surface area contributed by atoms with Crippen LogP contribution in [0.4, 0.5) is 0 Å². The molecule has 4 nitrogen and oxygen atoms in total. The zero-order chi connectivity index (χ0) is 15.9. The summed E-state index contributed by atoms with van der Waals surface area (Å²) in [7, 11) is 1.84. The van der Waals surface area contributed by atoms with Crippen LogP contribution < -0.4 is 10.6 Å². The molecule has 0 amide bonds. The minimum Gasteiger partial charge on any atom is -0.356 e. The minimum absolute atomic E-state index is 0.578. The van der Waals surface area contributed by atoms with E-state index in [-0.39, 0.29) is 0 Å². The van der Waals surface area contributed by atoms with Crippen molar-refractivity contribution >= 4 is 16.9 Å². The Morgan fingerprint density at radius 3 is 2.83 bits per heavy atom. The van der Waals surface area contributed by atoms with E-state index >= 15 is 0 Å². The number of nitrogens with one attached hydrogen (secondary N) is 2. The molecule has 4 heteroatoms. The van der Waals surface area contributed by atoms with Crippen LogP contribution in [0.25, 0.3) is 10.9 Å². The van der Waals surface area contributed by atoms with Crippen molar-refractivity contribution in [2.24, 2.45) is 4.99 Å². The number of guanidine groups is 1. The Labute approximate surface area is 138 Å². The monoisotopic (exact) mass is 310 g/mol. The quantitative estimate of drug-likeness (QED) is 0.673. The summed E-state index contributed by atoms with van der Waals surface area (Å²) in [4.78, 5) is 8.87. The van der Waals surface area contributed by atoms with E-state index < -0.39 is 0 Å². The van der Waals surface area contributed by atoms with E-state index in [2.05, 4.69) is 44.9 Å². The predicted octanol–water partition coefficient (Wildman–Crippen LogP) is 3.28. The third-order valence-electron chi connectivity index (χ3n) is 4.57. The summed E-state index contributed by atoms with van der Waals surface area (Å²) in [6.07, 6.45) is 9.36. The third kappa shape index (κ3) is 4.21. The average Bonchev–Trinajstić information content (AvgIpc) is 2.62. The van der Waals surface area contributed by atoms with Gasteiger partial charge in [0.25, 0.3) is 0 Å². The Morgan fingerprint density at radius 2 is 2.00 bits per heavy atom. The number of aromatic nitrogens is 1. The van der Waals surface area contributed by atoms with Crippen molar-refractivity contribution in [3.05, 3.63) is 42.1 Å². The molecule has 0 aliphatic heterocycles. The van der Waals surface area contributed by atoms with Crippen LogP contribution in [0.5, 0.6) is 0 Å². The van der Waals surface area contributed by atoms with Gasteiger partial charge in [0, 0.05) is 31.2 Å². The first-order valence-electron chi connectivity index (χ1n) is 8.66. The number of hydrogen-bond acceptors (Lipinski definition) is 2. The number of fused-ring (bicyclic) bond motifs is 1. The average molecular weight is 310 g/mol. The Hall–Kier alpha value is -2.10. The molecule has 0 saturated heterocycles. The molecule has 2 N–H and O–H groups in total. The molecule has 0 bridgehead atoms. The lowest BCUT2D eigenvalue weighted by Gasteiger charge is -2.24. The summed E-state index contributed by atoms with van der Waals surface area (Å²) in [5.74, 6) is 0.921. The number of para-hydroxylation sites is 1. The molecule has 2 aromatic rings. The Kier molecular flexibility index (Phi) is 5.46. The first kappa shape index (κ1) is 15.8. The van der Waals surface area contributed by atoms with Crippen LogP contribution in [0.15, 0.2) is 41.5 Å². The molecule has 3 rings (SSSR count). The van der Waals surface area contributed by atoms with E-state index in [0.717, 1.165) is 24.4 Å². The van der Waals surface area contributed by atoms with Gasteiger partial charge in [-0.05, 0) is 30.9 Å². The summed E-state index contributed by atoms with van der Waals surface area (Å²) >= 11 is 0. The van der Waals surface area contributed by atoms with E-state index in [4.69, 9.17) is 0 Å². The van der Waals surface area contributed by atoms with E-state index in [1.807, 2.05) is 19.3 Å². The first-order valence-corrected chi connectivity index (χ1v) is 8.66. The molecule has 1 aliphatic carbocycles. The van der Waals surface area contributed by atoms with E-state index in [9.17, 15) is 0 Å². The maximum absolute atomic E-state index is 4.52. The van der Waals surface area contributed by atoms with Gasteiger partial charge in [0.05, 0.1) is 5.52 Å². The van der Waals surface area contributed by atoms with E-state index in [1.54, 1.807) is 0 Å². The van der Waals surface area contributed by atoms with Crippen molar-refractivity contribution < 1.29 is 0 Å². The predicted molar refractivity (Wildman–Crippen MR) is 96.8 cm³/mol. The van der Waals surface area contributed by atoms with Crippen LogP contribution in [0.1, 0.15) is 37.7 Å². The zero-order valence-corrected chi connectivity index (χ0v) is 13.9. The standard InChI is InChI=1S/C19H26N4/c1-20-19(23-17-10-3-2-4-11-17)22-14-12-16-8-5-7-15-9-6-13-21-18(15)16/h5-9,13,17H,2-4,10-12,14H2,1H3,(H2,20,22,23). The van der Waals surface area contributed by atoms with Gasteiger partial charge in [0.2, 0.25) is 0 Å². The van der Waals surface area contributed by atoms with E-state index in [0.29, 0.717) is 6.04 Å². The van der Waals surface area contributed by atoms with Crippen LogP contribution in [0.3, 0.4) is 0 Å². The number of aliphatic imine (C=N–C) groups is 1. The third-order valence-corrected chi connectivity index (χ3v) is 4.57. The van der Waals surface area contributed by atoms with Crippen molar-refractivity contribution in [3.8, 4) is 0 Å². The maximum Gasteiger partial charge on any atom is 0.191 e. The van der Waals surface area contributed by atoms with Gasteiger partial charge in [0.15, 0.2) is 5.96 Å². The normalized spacial score (nSPS) is 16.5. The molecule has 23 heavy (non-hydrogen) atoms. The lowest BCUT2D eigenvalue weighted by atomic mass is 9.96. The summed E-state index contributed by atoms with van der Waals surface area (Å²) in [6, 6.07) is 11.1. The minimum atomic E-state index is 0.578. The van der Waals surface area contributed by atoms with Gasteiger partial charge in [-0.1, -0.05) is 43.5 Å². The second-order valence-electron chi connectivity index (χ2n) is 6.22. The first-order chi connectivity index (χ1) is 11.4. The highest BCUT2D eigenvalue weighted by Crippen LogP contribution is 2.17. The van der Waals surface area contributed by atoms with Gasteiger partial charge in [-0.25, -0.2) is 0 Å². The number of pyridine rings is 1. The van der Waals surface area contributed by atoms with Crippen LogP contribution in [-0.2, 0) is 6.42 Å². The summed E-state index contributed by atoms with van der Waals surface area (Å²) in [5.41, 5.74) is 2.38. The summed E-state index contributed by atoms with van der Waals surface area (Å²) < 4.78 is 0. The molecule has 1 heterocycles. The van der Waals surface area contributed by atoms with Crippen LogP contribution in [-0.4, -0.2) is 30.6 Å². The number of nitrogens with zero attached hydrogens (tertiary/aromatic N) is 2. The smallest absolute Gasteiger partial charge is 0.191 e. The highest BCUT2D eigenvalue weighted by atomic mass is 15.2. The van der Waals surface area contributed by atoms with Crippen molar-refractivity contribution in [1.29, 1.82) is 0 Å². The second kappa shape index (κ2) is 7.95. The number of hydrogen-bond donors (Lipinski definition) is 2. The molecule has 1 saturated carbocycles. The summed E-state index contributed by atoms with van der Waals surface area (Å²) in [5, 5.41) is 8.20. The molecule has 1 fully saturated rings. The lowest BCUT2D eigenvalue weighted by molar-refractivity contribution is 0.410. The zero-order valence-electron chi connectivity index (χ0n) is 13.9. The van der Waals surface area contributed by atoms with Gasteiger partial charge in [-0.2, -0.15) is 0 Å². The van der Waals surface area contributed by atoms with Gasteiger partial charge >= 0.3 is 0 Å². The van der Waals surface area contributed by atoms with Crippen molar-refractivity contribution in [3.63, 3.8) is 0 Å². The number of rotatable bonds is 4. The molecule has 1 aliphatic rings. The molecular weight excluding hydrogens is 284 g/mol. The molecular formula is C19H26N4. The fourth-order valence-corrected chi connectivity index (χ4v) is 3.32. The molecule has 1 aromatic heterocycles. The molecule has 0 spiro atoms. The van der Waals surface area contributed by atoms with Crippen molar-refractivity contribution in [1.82, 2.24) is 15.6 Å². The van der Waals surface area contributed by atoms with Crippen LogP contribution in [0.2, 0.25) is 0 Å². The molecule has 0 radical (unpaired) electrons. The fourth-order valence-electron chi connectivity index (χ4n) is 3.32. The molecule has 0 unspecified atom stereocenters.